The van der Waals surface area contributed by atoms with Gasteiger partial charge in [-0.3, -0.25) is 9.59 Å². The lowest BCUT2D eigenvalue weighted by Crippen LogP contribution is -2.46. The van der Waals surface area contributed by atoms with E-state index in [9.17, 15) is 14.7 Å². The second-order valence-corrected chi connectivity index (χ2v) is 30.4. The summed E-state index contributed by atoms with van der Waals surface area (Å²) < 4.78 is 25.5. The number of hydrogen-bond acceptors (Lipinski definition) is 7. The SMILES string of the molecule is CCC(C)C(=O)OC1CC(C)C=C2C=CC(C)C(CCC(O)CC(CC(=O)NCc3ccc4c(CO[Si](C)(C)C(C)(C)C)c(OC)ccc4c3)O[Si](C)(C)C(C)(C)C)C21. The monoisotopic (exact) mass is 850 g/mol. The molecule has 2 aromatic rings. The van der Waals surface area contributed by atoms with Gasteiger partial charge in [-0.05, 0) is 120 Å². The van der Waals surface area contributed by atoms with Crippen molar-refractivity contribution in [1.82, 2.24) is 5.32 Å². The molecule has 0 fully saturated rings. The second-order valence-electron chi connectivity index (χ2n) is 20.9. The number of methoxy groups -OCH3 is 1. The lowest BCUT2D eigenvalue weighted by Gasteiger charge is -2.43. The molecule has 2 N–H and O–H groups in total. The van der Waals surface area contributed by atoms with Gasteiger partial charge in [0.05, 0.1) is 38.3 Å². The first-order valence-electron chi connectivity index (χ1n) is 22.3. The minimum Gasteiger partial charge on any atom is -0.496 e. The highest BCUT2D eigenvalue weighted by Crippen LogP contribution is 2.46. The van der Waals surface area contributed by atoms with Crippen molar-refractivity contribution in [2.45, 2.75) is 175 Å². The predicted octanol–water partition coefficient (Wildman–Crippen LogP) is 11.7. The highest BCUT2D eigenvalue weighted by molar-refractivity contribution is 6.74. The number of amides is 1. The number of rotatable bonds is 18. The Morgan fingerprint density at radius 2 is 1.66 bits per heavy atom. The molecule has 0 aromatic heterocycles. The molecule has 0 saturated heterocycles. The number of hydrogen-bond donors (Lipinski definition) is 2. The summed E-state index contributed by atoms with van der Waals surface area (Å²) in [5.74, 6) is 1.42. The molecule has 2 aliphatic carbocycles. The molecule has 0 heterocycles. The quantitative estimate of drug-likeness (QED) is 0.114. The van der Waals surface area contributed by atoms with Gasteiger partial charge in [-0.25, -0.2) is 0 Å². The third-order valence-electron chi connectivity index (χ3n) is 14.2. The number of carbonyl (C=O) groups excluding carboxylic acids is 2. The molecule has 2 aromatic carbocycles. The number of fused-ring (bicyclic) bond motifs is 2. The molecular formula is C49H79NO7Si2. The smallest absolute Gasteiger partial charge is 0.308 e. The molecule has 8 unspecified atom stereocenters. The third-order valence-corrected chi connectivity index (χ3v) is 23.2. The van der Waals surface area contributed by atoms with Crippen LogP contribution < -0.4 is 10.1 Å². The van der Waals surface area contributed by atoms with Crippen LogP contribution >= 0.6 is 0 Å². The van der Waals surface area contributed by atoms with Gasteiger partial charge in [0.25, 0.3) is 0 Å². The Bertz CT molecular complexity index is 1810. The Morgan fingerprint density at radius 3 is 2.29 bits per heavy atom. The molecule has 0 spiro atoms. The molecule has 1 amide bonds. The molecule has 2 aliphatic rings. The molecule has 330 valence electrons. The maximum absolute atomic E-state index is 13.7. The van der Waals surface area contributed by atoms with Crippen molar-refractivity contribution in [3.05, 3.63) is 65.3 Å². The number of aliphatic hydroxyl groups is 1. The van der Waals surface area contributed by atoms with Gasteiger partial charge in [0.2, 0.25) is 5.91 Å². The van der Waals surface area contributed by atoms with Crippen LogP contribution in [-0.4, -0.2) is 59.0 Å². The first-order valence-corrected chi connectivity index (χ1v) is 28.1. The summed E-state index contributed by atoms with van der Waals surface area (Å²) in [6, 6.07) is 10.4. The van der Waals surface area contributed by atoms with Crippen molar-refractivity contribution >= 4 is 39.3 Å². The molecule has 0 saturated carbocycles. The van der Waals surface area contributed by atoms with E-state index in [2.05, 4.69) is 129 Å². The topological polar surface area (TPSA) is 103 Å². The first kappa shape index (κ1) is 48.9. The zero-order valence-electron chi connectivity index (χ0n) is 39.3. The largest absolute Gasteiger partial charge is 0.496 e. The van der Waals surface area contributed by atoms with Crippen molar-refractivity contribution in [3.63, 3.8) is 0 Å². The number of nitrogens with one attached hydrogen (secondary N) is 1. The van der Waals surface area contributed by atoms with E-state index in [-0.39, 0.29) is 58.1 Å². The number of allylic oxidation sites excluding steroid dienone is 3. The third kappa shape index (κ3) is 12.7. The van der Waals surface area contributed by atoms with Crippen LogP contribution in [0.2, 0.25) is 36.3 Å². The summed E-state index contributed by atoms with van der Waals surface area (Å²) >= 11 is 0. The molecule has 4 rings (SSSR count). The minimum atomic E-state index is -2.27. The van der Waals surface area contributed by atoms with Gasteiger partial charge in [0.15, 0.2) is 16.6 Å². The van der Waals surface area contributed by atoms with Gasteiger partial charge in [0.1, 0.15) is 11.9 Å². The van der Waals surface area contributed by atoms with Crippen LogP contribution in [0.3, 0.4) is 0 Å². The van der Waals surface area contributed by atoms with E-state index in [4.69, 9.17) is 18.3 Å². The van der Waals surface area contributed by atoms with E-state index >= 15 is 0 Å². The van der Waals surface area contributed by atoms with Crippen LogP contribution in [0.15, 0.2) is 54.1 Å². The van der Waals surface area contributed by atoms with Crippen LogP contribution in [0.1, 0.15) is 119 Å². The fourth-order valence-electron chi connectivity index (χ4n) is 8.05. The summed E-state index contributed by atoms with van der Waals surface area (Å²) in [7, 11) is -2.55. The summed E-state index contributed by atoms with van der Waals surface area (Å²) in [5.41, 5.74) is 3.30. The highest BCUT2D eigenvalue weighted by atomic mass is 28.4. The van der Waals surface area contributed by atoms with E-state index < -0.39 is 28.8 Å². The van der Waals surface area contributed by atoms with Crippen LogP contribution in [-0.2, 0) is 36.3 Å². The van der Waals surface area contributed by atoms with Crippen molar-refractivity contribution in [2.24, 2.45) is 29.6 Å². The first-order chi connectivity index (χ1) is 27.4. The molecule has 0 aliphatic heterocycles. The van der Waals surface area contributed by atoms with E-state index in [0.717, 1.165) is 46.9 Å². The lowest BCUT2D eigenvalue weighted by molar-refractivity contribution is -0.158. The van der Waals surface area contributed by atoms with Crippen molar-refractivity contribution in [1.29, 1.82) is 0 Å². The van der Waals surface area contributed by atoms with Crippen molar-refractivity contribution in [3.8, 4) is 5.75 Å². The standard InChI is InChI=1S/C49H79NO7Si2/c1-16-33(3)47(53)56-44-26-32(2)25-37-19-17-34(4)40(46(37)44)23-21-38(51)28-39(57-59(14,15)49(8,9)10)29-45(52)50-30-35-18-22-41-36(27-35)20-24-43(54-11)42(41)31-55-58(12,13)48(5,6)7/h17-20,22,24-25,27,32-34,38-40,44,46,51H,16,21,23,26,28-31H2,1-15H3,(H,50,52). The van der Waals surface area contributed by atoms with Gasteiger partial charge in [0, 0.05) is 18.0 Å². The molecule has 0 bridgehead atoms. The molecular weight excluding hydrogens is 771 g/mol. The van der Waals surface area contributed by atoms with Crippen LogP contribution in [0.25, 0.3) is 10.8 Å². The number of carbonyl (C=O) groups is 2. The maximum Gasteiger partial charge on any atom is 0.308 e. The number of benzene rings is 2. The minimum absolute atomic E-state index is 0.0541. The van der Waals surface area contributed by atoms with Crippen molar-refractivity contribution < 1.29 is 33.0 Å². The zero-order chi connectivity index (χ0) is 44.1. The molecule has 10 heteroatoms. The average molecular weight is 850 g/mol. The zero-order valence-corrected chi connectivity index (χ0v) is 41.3. The van der Waals surface area contributed by atoms with E-state index in [0.29, 0.717) is 31.9 Å². The average Bonchev–Trinajstić information content (AvgIpc) is 3.14. The van der Waals surface area contributed by atoms with Gasteiger partial charge in [-0.15, -0.1) is 0 Å². The Morgan fingerprint density at radius 1 is 0.983 bits per heavy atom. The normalized spacial score (nSPS) is 22.9. The van der Waals surface area contributed by atoms with E-state index in [1.165, 1.54) is 5.57 Å². The van der Waals surface area contributed by atoms with Crippen LogP contribution in [0.5, 0.6) is 5.75 Å². The van der Waals surface area contributed by atoms with Gasteiger partial charge in [-0.1, -0.05) is 106 Å². The summed E-state index contributed by atoms with van der Waals surface area (Å²) in [6.07, 6.45) is 9.10. The van der Waals surface area contributed by atoms with Crippen LogP contribution in [0, 0.1) is 29.6 Å². The summed E-state index contributed by atoms with van der Waals surface area (Å²) in [6.45, 7) is 31.5. The Hall–Kier alpha value is -2.77. The highest BCUT2D eigenvalue weighted by Gasteiger charge is 2.43. The lowest BCUT2D eigenvalue weighted by atomic mass is 9.65. The van der Waals surface area contributed by atoms with Gasteiger partial charge >= 0.3 is 5.97 Å². The molecule has 8 atom stereocenters. The fourth-order valence-corrected chi connectivity index (χ4v) is 10.4. The Kier molecular flexibility index (Phi) is 16.5. The number of esters is 1. The number of ether oxygens (including phenoxy) is 2. The maximum atomic E-state index is 13.7. The molecule has 8 nitrogen and oxygen atoms in total. The molecule has 59 heavy (non-hydrogen) atoms. The molecule has 0 radical (unpaired) electrons. The predicted molar refractivity (Wildman–Crippen MR) is 247 cm³/mol. The van der Waals surface area contributed by atoms with Gasteiger partial charge in [-0.2, -0.15) is 0 Å². The van der Waals surface area contributed by atoms with Crippen LogP contribution in [0.4, 0.5) is 0 Å². The Balaban J connectivity index is 1.45. The van der Waals surface area contributed by atoms with Gasteiger partial charge < -0.3 is 28.7 Å². The number of aliphatic hydroxyl groups excluding tert-OH is 1. The Labute approximate surface area is 359 Å². The van der Waals surface area contributed by atoms with Crippen molar-refractivity contribution in [2.75, 3.05) is 7.11 Å². The summed E-state index contributed by atoms with van der Waals surface area (Å²) in [5, 5.41) is 17.0. The second kappa shape index (κ2) is 20.0. The fraction of sp³-hybridized carbons (Fsp3) is 0.673. The summed E-state index contributed by atoms with van der Waals surface area (Å²) in [4.78, 5) is 26.7. The van der Waals surface area contributed by atoms with E-state index in [1.807, 2.05) is 19.9 Å². The van der Waals surface area contributed by atoms with E-state index in [1.54, 1.807) is 7.11 Å².